The van der Waals surface area contributed by atoms with E-state index in [-0.39, 0.29) is 11.8 Å². The van der Waals surface area contributed by atoms with E-state index in [0.717, 1.165) is 24.8 Å². The van der Waals surface area contributed by atoms with Crippen molar-refractivity contribution in [3.63, 3.8) is 0 Å². The Kier molecular flexibility index (Phi) is 6.08. The van der Waals surface area contributed by atoms with Crippen LogP contribution in [0.5, 0.6) is 0 Å². The molecular weight excluding hydrogens is 314 g/mol. The molecule has 1 aromatic carbocycles. The summed E-state index contributed by atoms with van der Waals surface area (Å²) in [6, 6.07) is 8.72. The molecule has 3 N–H and O–H groups in total. The number of carbonyl (C=O) groups excluding carboxylic acids is 2. The SMILES string of the molecule is CCCNC(=O)c1cccc(CNC(=O)CC2CC3CCC(C2)N3)c1. The van der Waals surface area contributed by atoms with Crippen LogP contribution in [0.2, 0.25) is 0 Å². The van der Waals surface area contributed by atoms with Crippen LogP contribution in [0.25, 0.3) is 0 Å². The Bertz CT molecular complexity index is 605. The summed E-state index contributed by atoms with van der Waals surface area (Å²) in [5, 5.41) is 9.50. The van der Waals surface area contributed by atoms with Crippen LogP contribution in [0, 0.1) is 5.92 Å². The van der Waals surface area contributed by atoms with Crippen LogP contribution in [0.3, 0.4) is 0 Å². The lowest BCUT2D eigenvalue weighted by atomic mass is 9.89. The number of nitrogens with one attached hydrogen (secondary N) is 3. The lowest BCUT2D eigenvalue weighted by molar-refractivity contribution is -0.122. The Morgan fingerprint density at radius 3 is 2.64 bits per heavy atom. The van der Waals surface area contributed by atoms with Crippen molar-refractivity contribution in [1.82, 2.24) is 16.0 Å². The van der Waals surface area contributed by atoms with Crippen LogP contribution in [0.4, 0.5) is 0 Å². The zero-order valence-corrected chi connectivity index (χ0v) is 15.0. The van der Waals surface area contributed by atoms with E-state index in [1.165, 1.54) is 12.8 Å². The molecule has 2 heterocycles. The molecule has 5 heteroatoms. The minimum absolute atomic E-state index is 0.0554. The fraction of sp³-hybridized carbons (Fsp3) is 0.600. The Morgan fingerprint density at radius 2 is 1.92 bits per heavy atom. The van der Waals surface area contributed by atoms with Crippen LogP contribution in [0.1, 0.15) is 61.4 Å². The zero-order chi connectivity index (χ0) is 17.6. The minimum Gasteiger partial charge on any atom is -0.352 e. The van der Waals surface area contributed by atoms with Gasteiger partial charge in [-0.05, 0) is 55.7 Å². The third kappa shape index (κ3) is 5.05. The number of fused-ring (bicyclic) bond motifs is 2. The van der Waals surface area contributed by atoms with Crippen molar-refractivity contribution in [3.8, 4) is 0 Å². The quantitative estimate of drug-likeness (QED) is 0.712. The second kappa shape index (κ2) is 8.48. The maximum absolute atomic E-state index is 12.3. The van der Waals surface area contributed by atoms with Gasteiger partial charge in [-0.2, -0.15) is 0 Å². The fourth-order valence-electron chi connectivity index (χ4n) is 4.04. The second-order valence-electron chi connectivity index (χ2n) is 7.41. The number of amides is 2. The highest BCUT2D eigenvalue weighted by Crippen LogP contribution is 2.32. The highest BCUT2D eigenvalue weighted by Gasteiger charge is 2.34. The first kappa shape index (κ1) is 17.9. The molecule has 1 aromatic rings. The van der Waals surface area contributed by atoms with Crippen molar-refractivity contribution < 1.29 is 9.59 Å². The number of piperidine rings is 1. The van der Waals surface area contributed by atoms with Crippen LogP contribution in [-0.2, 0) is 11.3 Å². The average Bonchev–Trinajstić information content (AvgIpc) is 2.96. The normalized spacial score (nSPS) is 24.8. The number of carbonyl (C=O) groups is 2. The van der Waals surface area contributed by atoms with Crippen LogP contribution < -0.4 is 16.0 Å². The van der Waals surface area contributed by atoms with Gasteiger partial charge in [0.15, 0.2) is 0 Å². The Hall–Kier alpha value is -1.88. The first-order valence-corrected chi connectivity index (χ1v) is 9.54. The van der Waals surface area contributed by atoms with E-state index in [1.807, 2.05) is 25.1 Å². The lowest BCUT2D eigenvalue weighted by Crippen LogP contribution is -2.39. The second-order valence-corrected chi connectivity index (χ2v) is 7.41. The summed E-state index contributed by atoms with van der Waals surface area (Å²) in [5.41, 5.74) is 1.61. The molecule has 0 radical (unpaired) electrons. The Labute approximate surface area is 150 Å². The van der Waals surface area contributed by atoms with E-state index >= 15 is 0 Å². The molecular formula is C20H29N3O2. The molecule has 136 valence electrons. The van der Waals surface area contributed by atoms with Gasteiger partial charge in [-0.15, -0.1) is 0 Å². The largest absolute Gasteiger partial charge is 0.352 e. The predicted molar refractivity (Wildman–Crippen MR) is 98.2 cm³/mol. The summed E-state index contributed by atoms with van der Waals surface area (Å²) < 4.78 is 0. The van der Waals surface area contributed by atoms with Crippen molar-refractivity contribution in [2.75, 3.05) is 6.54 Å². The molecule has 2 aliphatic heterocycles. The highest BCUT2D eigenvalue weighted by atomic mass is 16.2. The molecule has 3 rings (SSSR count). The topological polar surface area (TPSA) is 70.2 Å². The maximum Gasteiger partial charge on any atom is 0.251 e. The summed E-state index contributed by atoms with van der Waals surface area (Å²) in [7, 11) is 0. The molecule has 0 aromatic heterocycles. The first-order chi connectivity index (χ1) is 12.1. The third-order valence-corrected chi connectivity index (χ3v) is 5.26. The van der Waals surface area contributed by atoms with Crippen molar-refractivity contribution in [2.24, 2.45) is 5.92 Å². The Morgan fingerprint density at radius 1 is 1.16 bits per heavy atom. The van der Waals surface area contributed by atoms with Gasteiger partial charge in [0.2, 0.25) is 5.91 Å². The van der Waals surface area contributed by atoms with E-state index < -0.39 is 0 Å². The summed E-state index contributed by atoms with van der Waals surface area (Å²) in [6.45, 7) is 3.18. The molecule has 0 saturated carbocycles. The van der Waals surface area contributed by atoms with Crippen molar-refractivity contribution in [3.05, 3.63) is 35.4 Å². The molecule has 2 fully saturated rings. The molecule has 2 aliphatic rings. The van der Waals surface area contributed by atoms with E-state index in [0.29, 0.717) is 43.1 Å². The first-order valence-electron chi connectivity index (χ1n) is 9.54. The van der Waals surface area contributed by atoms with Gasteiger partial charge < -0.3 is 16.0 Å². The smallest absolute Gasteiger partial charge is 0.251 e. The molecule has 0 spiro atoms. The third-order valence-electron chi connectivity index (χ3n) is 5.26. The molecule has 0 aliphatic carbocycles. The maximum atomic E-state index is 12.3. The molecule has 2 atom stereocenters. The molecule has 5 nitrogen and oxygen atoms in total. The van der Waals surface area contributed by atoms with Crippen LogP contribution in [0.15, 0.2) is 24.3 Å². The van der Waals surface area contributed by atoms with E-state index in [2.05, 4.69) is 16.0 Å². The number of rotatable bonds is 7. The van der Waals surface area contributed by atoms with Crippen LogP contribution in [-0.4, -0.2) is 30.4 Å². The van der Waals surface area contributed by atoms with Crippen molar-refractivity contribution >= 4 is 11.8 Å². The van der Waals surface area contributed by atoms with Crippen molar-refractivity contribution in [2.45, 2.75) is 64.1 Å². The monoisotopic (exact) mass is 343 g/mol. The zero-order valence-electron chi connectivity index (χ0n) is 15.0. The molecule has 2 bridgehead atoms. The van der Waals surface area contributed by atoms with Gasteiger partial charge in [0.05, 0.1) is 0 Å². The summed E-state index contributed by atoms with van der Waals surface area (Å²) in [6.07, 6.45) is 6.30. The number of benzene rings is 1. The van der Waals surface area contributed by atoms with Crippen molar-refractivity contribution in [1.29, 1.82) is 0 Å². The minimum atomic E-state index is -0.0554. The number of hydrogen-bond donors (Lipinski definition) is 3. The van der Waals surface area contributed by atoms with Gasteiger partial charge in [-0.1, -0.05) is 19.1 Å². The highest BCUT2D eigenvalue weighted by molar-refractivity contribution is 5.94. The van der Waals surface area contributed by atoms with E-state index in [9.17, 15) is 9.59 Å². The van der Waals surface area contributed by atoms with E-state index in [4.69, 9.17) is 0 Å². The standard InChI is InChI=1S/C20H29N3O2/c1-2-8-21-20(25)16-5-3-4-14(9-16)13-22-19(24)12-15-10-17-6-7-18(11-15)23-17/h3-5,9,15,17-18,23H,2,6-8,10-13H2,1H3,(H,21,25)(H,22,24). The lowest BCUT2D eigenvalue weighted by Gasteiger charge is -2.28. The summed E-state index contributed by atoms with van der Waals surface area (Å²) >= 11 is 0. The molecule has 2 amide bonds. The van der Waals surface area contributed by atoms with E-state index in [1.54, 1.807) is 6.07 Å². The Balaban J connectivity index is 1.46. The van der Waals surface area contributed by atoms with Gasteiger partial charge in [0.25, 0.3) is 5.91 Å². The fourth-order valence-corrected chi connectivity index (χ4v) is 4.04. The molecule has 25 heavy (non-hydrogen) atoms. The van der Waals surface area contributed by atoms with Gasteiger partial charge in [0, 0.05) is 37.2 Å². The molecule has 2 unspecified atom stereocenters. The van der Waals surface area contributed by atoms with Crippen LogP contribution >= 0.6 is 0 Å². The average molecular weight is 343 g/mol. The number of hydrogen-bond acceptors (Lipinski definition) is 3. The predicted octanol–water partition coefficient (Wildman–Crippen LogP) is 2.36. The summed E-state index contributed by atoms with van der Waals surface area (Å²) in [5.74, 6) is 0.567. The molecule has 2 saturated heterocycles. The van der Waals surface area contributed by atoms with Gasteiger partial charge in [-0.3, -0.25) is 9.59 Å². The van der Waals surface area contributed by atoms with Gasteiger partial charge in [0.1, 0.15) is 0 Å². The van der Waals surface area contributed by atoms with Gasteiger partial charge in [-0.25, -0.2) is 0 Å². The summed E-state index contributed by atoms with van der Waals surface area (Å²) in [4.78, 5) is 24.3. The van der Waals surface area contributed by atoms with Gasteiger partial charge >= 0.3 is 0 Å².